The second-order valence-electron chi connectivity index (χ2n) is 3.21. The van der Waals surface area contributed by atoms with E-state index in [4.69, 9.17) is 16.2 Å². The Hall–Kier alpha value is -2.57. The lowest BCUT2D eigenvalue weighted by atomic mass is 10.2. The number of rotatable bonds is 5. The molecule has 0 aliphatic carbocycles. The average molecular weight is 250 g/mol. The van der Waals surface area contributed by atoms with Gasteiger partial charge in [-0.15, -0.1) is 5.10 Å². The molecule has 0 heterocycles. The van der Waals surface area contributed by atoms with Gasteiger partial charge in [0.05, 0.1) is 13.3 Å². The van der Waals surface area contributed by atoms with Crippen LogP contribution in [0.1, 0.15) is 5.56 Å². The van der Waals surface area contributed by atoms with E-state index in [1.54, 1.807) is 24.3 Å². The fraction of sp³-hybridized carbons (Fsp3) is 0.182. The molecule has 96 valence electrons. The Kier molecular flexibility index (Phi) is 5.17. The lowest BCUT2D eigenvalue weighted by Crippen LogP contribution is -2.21. The van der Waals surface area contributed by atoms with Crippen LogP contribution in [0.2, 0.25) is 0 Å². The number of guanidine groups is 1. The minimum absolute atomic E-state index is 0.121. The van der Waals surface area contributed by atoms with E-state index in [1.807, 2.05) is 0 Å². The molecule has 0 fully saturated rings. The normalized spacial score (nSPS) is 10.1. The summed E-state index contributed by atoms with van der Waals surface area (Å²) in [6, 6.07) is 6.94. The smallest absolute Gasteiger partial charge is 0.343 e. The van der Waals surface area contributed by atoms with Crippen LogP contribution in [0.15, 0.2) is 34.5 Å². The molecule has 0 aliphatic rings. The lowest BCUT2D eigenvalue weighted by Gasteiger charge is -2.04. The molecular formula is C11H14N4O3. The predicted molar refractivity (Wildman–Crippen MR) is 67.4 cm³/mol. The Morgan fingerprint density at radius 1 is 1.44 bits per heavy atom. The summed E-state index contributed by atoms with van der Waals surface area (Å²) >= 11 is 0. The monoisotopic (exact) mass is 250 g/mol. The summed E-state index contributed by atoms with van der Waals surface area (Å²) in [7, 11) is 1.30. The van der Waals surface area contributed by atoms with Gasteiger partial charge in [-0.05, 0) is 17.7 Å². The first-order valence-corrected chi connectivity index (χ1v) is 5.03. The van der Waals surface area contributed by atoms with Gasteiger partial charge in [0, 0.05) is 0 Å². The van der Waals surface area contributed by atoms with E-state index < -0.39 is 5.97 Å². The first-order valence-electron chi connectivity index (χ1n) is 5.03. The first kappa shape index (κ1) is 13.5. The van der Waals surface area contributed by atoms with E-state index in [1.165, 1.54) is 13.3 Å². The zero-order valence-electron chi connectivity index (χ0n) is 9.87. The number of carbonyl (C=O) groups is 1. The summed E-state index contributed by atoms with van der Waals surface area (Å²) in [4.78, 5) is 10.9. The summed E-state index contributed by atoms with van der Waals surface area (Å²) in [6.45, 7) is -0.148. The van der Waals surface area contributed by atoms with Crippen molar-refractivity contribution < 1.29 is 14.3 Å². The van der Waals surface area contributed by atoms with Crippen molar-refractivity contribution in [3.63, 3.8) is 0 Å². The van der Waals surface area contributed by atoms with Crippen molar-refractivity contribution in [2.45, 2.75) is 0 Å². The highest BCUT2D eigenvalue weighted by Gasteiger charge is 2.01. The predicted octanol–water partition coefficient (Wildman–Crippen LogP) is -0.154. The summed E-state index contributed by atoms with van der Waals surface area (Å²) in [6.07, 6.45) is 1.46. The molecule has 7 nitrogen and oxygen atoms in total. The number of hydrogen-bond donors (Lipinski definition) is 2. The van der Waals surface area contributed by atoms with Gasteiger partial charge in [-0.25, -0.2) is 4.79 Å². The van der Waals surface area contributed by atoms with Crippen LogP contribution in [0.3, 0.4) is 0 Å². The van der Waals surface area contributed by atoms with Crippen LogP contribution in [0, 0.1) is 0 Å². The number of nitrogens with two attached hydrogens (primary N) is 2. The molecule has 0 unspecified atom stereocenters. The van der Waals surface area contributed by atoms with Crippen LogP contribution in [0.25, 0.3) is 0 Å². The van der Waals surface area contributed by atoms with Crippen molar-refractivity contribution in [2.24, 2.45) is 21.7 Å². The van der Waals surface area contributed by atoms with E-state index in [0.717, 1.165) is 5.56 Å². The number of nitrogens with zero attached hydrogens (tertiary/aromatic N) is 2. The van der Waals surface area contributed by atoms with Gasteiger partial charge >= 0.3 is 5.97 Å². The summed E-state index contributed by atoms with van der Waals surface area (Å²) in [5.41, 5.74) is 11.0. The molecule has 0 aliphatic heterocycles. The van der Waals surface area contributed by atoms with Gasteiger partial charge in [0.1, 0.15) is 5.75 Å². The molecule has 0 atom stereocenters. The van der Waals surface area contributed by atoms with Crippen LogP contribution in [-0.4, -0.2) is 31.9 Å². The fourth-order valence-electron chi connectivity index (χ4n) is 1.05. The summed E-state index contributed by atoms with van der Waals surface area (Å²) < 4.78 is 9.66. The molecule has 0 saturated heterocycles. The zero-order chi connectivity index (χ0) is 13.4. The zero-order valence-corrected chi connectivity index (χ0v) is 9.87. The summed E-state index contributed by atoms with van der Waals surface area (Å²) in [5, 5.41) is 7.12. The number of methoxy groups -OCH3 is 1. The van der Waals surface area contributed by atoms with Crippen molar-refractivity contribution in [3.05, 3.63) is 29.8 Å². The molecular weight excluding hydrogens is 236 g/mol. The van der Waals surface area contributed by atoms with Gasteiger partial charge in [-0.3, -0.25) is 0 Å². The largest absolute Gasteiger partial charge is 0.482 e. The number of carbonyl (C=O) groups excluding carboxylic acids is 1. The third kappa shape index (κ3) is 4.97. The van der Waals surface area contributed by atoms with Crippen molar-refractivity contribution in [2.75, 3.05) is 13.7 Å². The minimum atomic E-state index is -0.449. The molecule has 0 spiro atoms. The number of ether oxygens (including phenoxy) is 2. The number of esters is 1. The first-order chi connectivity index (χ1) is 8.61. The van der Waals surface area contributed by atoms with Gasteiger partial charge in [-0.1, -0.05) is 12.1 Å². The van der Waals surface area contributed by atoms with Crippen LogP contribution < -0.4 is 16.2 Å². The standard InChI is InChI=1S/C11H14N4O3/c1-17-10(16)7-18-9-4-2-3-8(5-9)6-14-15-11(12)13/h2-6H,7H2,1H3,(H4,12,13,15). The molecule has 0 amide bonds. The van der Waals surface area contributed by atoms with E-state index >= 15 is 0 Å². The Balaban J connectivity index is 2.65. The number of benzene rings is 1. The molecule has 0 bridgehead atoms. The van der Waals surface area contributed by atoms with E-state index in [2.05, 4.69) is 14.9 Å². The average Bonchev–Trinajstić information content (AvgIpc) is 2.36. The Morgan fingerprint density at radius 3 is 2.89 bits per heavy atom. The van der Waals surface area contributed by atoms with Crippen LogP contribution in [-0.2, 0) is 9.53 Å². The van der Waals surface area contributed by atoms with Crippen molar-refractivity contribution >= 4 is 18.1 Å². The van der Waals surface area contributed by atoms with Crippen molar-refractivity contribution in [1.29, 1.82) is 0 Å². The van der Waals surface area contributed by atoms with Gasteiger partial charge in [-0.2, -0.15) is 5.10 Å². The van der Waals surface area contributed by atoms with Gasteiger partial charge in [0.2, 0.25) is 5.96 Å². The maximum absolute atomic E-state index is 10.9. The minimum Gasteiger partial charge on any atom is -0.482 e. The highest BCUT2D eigenvalue weighted by molar-refractivity contribution is 5.82. The Labute approximate surface area is 104 Å². The quantitative estimate of drug-likeness (QED) is 0.326. The second-order valence-corrected chi connectivity index (χ2v) is 3.21. The van der Waals surface area contributed by atoms with Crippen LogP contribution in [0.5, 0.6) is 5.75 Å². The molecule has 18 heavy (non-hydrogen) atoms. The van der Waals surface area contributed by atoms with E-state index in [0.29, 0.717) is 5.75 Å². The van der Waals surface area contributed by atoms with Gasteiger partial charge in [0.15, 0.2) is 6.61 Å². The van der Waals surface area contributed by atoms with Crippen molar-refractivity contribution in [1.82, 2.24) is 0 Å². The molecule has 1 rings (SSSR count). The molecule has 0 aromatic heterocycles. The SMILES string of the molecule is COC(=O)COc1cccc(C=NN=C(N)N)c1. The molecule has 1 aromatic carbocycles. The van der Waals surface area contributed by atoms with Crippen LogP contribution in [0.4, 0.5) is 0 Å². The van der Waals surface area contributed by atoms with Crippen molar-refractivity contribution in [3.8, 4) is 5.75 Å². The fourth-order valence-corrected chi connectivity index (χ4v) is 1.05. The summed E-state index contributed by atoms with van der Waals surface area (Å²) in [5.74, 6) is -0.0482. The van der Waals surface area contributed by atoms with Crippen LogP contribution >= 0.6 is 0 Å². The Morgan fingerprint density at radius 2 is 2.22 bits per heavy atom. The second kappa shape index (κ2) is 6.89. The Bertz CT molecular complexity index is 467. The van der Waals surface area contributed by atoms with E-state index in [-0.39, 0.29) is 12.6 Å². The maximum Gasteiger partial charge on any atom is 0.343 e. The molecule has 0 radical (unpaired) electrons. The lowest BCUT2D eigenvalue weighted by molar-refractivity contribution is -0.142. The molecule has 0 saturated carbocycles. The van der Waals surface area contributed by atoms with E-state index in [9.17, 15) is 4.79 Å². The molecule has 4 N–H and O–H groups in total. The molecule has 7 heteroatoms. The highest BCUT2D eigenvalue weighted by Crippen LogP contribution is 2.11. The van der Waals surface area contributed by atoms with Gasteiger partial charge in [0.25, 0.3) is 0 Å². The number of hydrogen-bond acceptors (Lipinski definition) is 5. The third-order valence-electron chi connectivity index (χ3n) is 1.82. The topological polar surface area (TPSA) is 112 Å². The molecule has 1 aromatic rings. The third-order valence-corrected chi connectivity index (χ3v) is 1.82. The maximum atomic E-state index is 10.9. The van der Waals surface area contributed by atoms with Gasteiger partial charge < -0.3 is 20.9 Å². The highest BCUT2D eigenvalue weighted by atomic mass is 16.6.